The van der Waals surface area contributed by atoms with Gasteiger partial charge in [-0.1, -0.05) is 0 Å². The second kappa shape index (κ2) is 5.29. The average Bonchev–Trinajstić information content (AvgIpc) is 2.63. The predicted molar refractivity (Wildman–Crippen MR) is 84.3 cm³/mol. The number of anilines is 1. The van der Waals surface area contributed by atoms with Crippen molar-refractivity contribution in [3.8, 4) is 0 Å². The number of hydrogen-bond acceptors (Lipinski definition) is 6. The molecule has 0 aliphatic rings. The van der Waals surface area contributed by atoms with Crippen LogP contribution in [0.15, 0.2) is 0 Å². The highest BCUT2D eigenvalue weighted by molar-refractivity contribution is 7.90. The fraction of sp³-hybridized carbons (Fsp3) is 0.538. The minimum atomic E-state index is -3.21. The Hall–Kier alpha value is -1.21. The lowest BCUT2D eigenvalue weighted by Crippen LogP contribution is -2.13. The smallest absolute Gasteiger partial charge is 0.157 e. The lowest BCUT2D eigenvalue weighted by atomic mass is 10.2. The highest BCUT2D eigenvalue weighted by Gasteiger charge is 2.23. The SMILES string of the molecule is CCNc1nc(C(C)S(C)(=O)=O)nc2sc(C)c(C)c12. The van der Waals surface area contributed by atoms with Gasteiger partial charge in [0, 0.05) is 17.7 Å². The molecule has 0 aliphatic heterocycles. The molecule has 0 bridgehead atoms. The third-order valence-electron chi connectivity index (χ3n) is 3.40. The monoisotopic (exact) mass is 313 g/mol. The Morgan fingerprint density at radius 3 is 2.50 bits per heavy atom. The van der Waals surface area contributed by atoms with Crippen molar-refractivity contribution in [3.05, 3.63) is 16.3 Å². The fourth-order valence-electron chi connectivity index (χ4n) is 1.93. The first-order valence-electron chi connectivity index (χ1n) is 6.46. The lowest BCUT2D eigenvalue weighted by Gasteiger charge is -2.11. The summed E-state index contributed by atoms with van der Waals surface area (Å²) in [7, 11) is -3.21. The standard InChI is InChI=1S/C13H19N3O2S2/c1-6-14-12-10-7(2)8(3)19-13(10)16-11(15-12)9(4)20(5,17)18/h9H,6H2,1-5H3,(H,14,15,16). The van der Waals surface area contributed by atoms with Crippen LogP contribution in [-0.4, -0.2) is 31.2 Å². The summed E-state index contributed by atoms with van der Waals surface area (Å²) in [5.74, 6) is 1.09. The van der Waals surface area contributed by atoms with Crippen LogP contribution in [0.2, 0.25) is 0 Å². The molecule has 0 aliphatic carbocycles. The van der Waals surface area contributed by atoms with E-state index in [4.69, 9.17) is 0 Å². The van der Waals surface area contributed by atoms with Gasteiger partial charge in [0.2, 0.25) is 0 Å². The summed E-state index contributed by atoms with van der Waals surface area (Å²) >= 11 is 1.58. The summed E-state index contributed by atoms with van der Waals surface area (Å²) in [5, 5.41) is 3.51. The van der Waals surface area contributed by atoms with Gasteiger partial charge in [0.25, 0.3) is 0 Å². The van der Waals surface area contributed by atoms with E-state index in [-0.39, 0.29) is 0 Å². The van der Waals surface area contributed by atoms with Crippen LogP contribution in [0.5, 0.6) is 0 Å². The Morgan fingerprint density at radius 1 is 1.30 bits per heavy atom. The molecule has 0 saturated carbocycles. The molecule has 1 atom stereocenters. The van der Waals surface area contributed by atoms with Crippen LogP contribution in [0.4, 0.5) is 5.82 Å². The van der Waals surface area contributed by atoms with Crippen LogP contribution < -0.4 is 5.32 Å². The second-order valence-corrected chi connectivity index (χ2v) is 8.47. The number of aromatic nitrogens is 2. The fourth-order valence-corrected chi connectivity index (χ4v) is 3.46. The van der Waals surface area contributed by atoms with E-state index >= 15 is 0 Å². The van der Waals surface area contributed by atoms with Gasteiger partial charge in [0.1, 0.15) is 21.7 Å². The normalized spacial score (nSPS) is 13.7. The molecule has 0 amide bonds. The number of rotatable bonds is 4. The van der Waals surface area contributed by atoms with Crippen LogP contribution in [0.25, 0.3) is 10.2 Å². The molecule has 0 saturated heterocycles. The molecule has 2 rings (SSSR count). The summed E-state index contributed by atoms with van der Waals surface area (Å²) in [4.78, 5) is 10.9. The first-order chi connectivity index (χ1) is 9.25. The molecule has 1 N–H and O–H groups in total. The van der Waals surface area contributed by atoms with E-state index in [1.54, 1.807) is 18.3 Å². The van der Waals surface area contributed by atoms with Gasteiger partial charge in [-0.3, -0.25) is 0 Å². The second-order valence-electron chi connectivity index (χ2n) is 4.90. The van der Waals surface area contributed by atoms with Crippen LogP contribution in [0.1, 0.15) is 35.4 Å². The van der Waals surface area contributed by atoms with Crippen LogP contribution in [0, 0.1) is 13.8 Å². The molecular formula is C13H19N3O2S2. The number of nitrogens with zero attached hydrogens (tertiary/aromatic N) is 2. The molecular weight excluding hydrogens is 294 g/mol. The van der Waals surface area contributed by atoms with E-state index in [0.29, 0.717) is 5.82 Å². The quantitative estimate of drug-likeness (QED) is 0.939. The molecule has 1 unspecified atom stereocenters. The Balaban J connectivity index is 2.71. The van der Waals surface area contributed by atoms with E-state index in [1.807, 2.05) is 20.8 Å². The number of hydrogen-bond donors (Lipinski definition) is 1. The largest absolute Gasteiger partial charge is 0.370 e. The molecule has 110 valence electrons. The lowest BCUT2D eigenvalue weighted by molar-refractivity contribution is 0.589. The van der Waals surface area contributed by atoms with Gasteiger partial charge in [-0.25, -0.2) is 18.4 Å². The first kappa shape index (κ1) is 15.2. The number of aryl methyl sites for hydroxylation is 2. The number of sulfone groups is 1. The van der Waals surface area contributed by atoms with Gasteiger partial charge in [-0.15, -0.1) is 11.3 Å². The zero-order chi connectivity index (χ0) is 15.1. The Labute approximate surface area is 123 Å². The maximum atomic E-state index is 11.7. The van der Waals surface area contributed by atoms with Crippen LogP contribution in [-0.2, 0) is 9.84 Å². The average molecular weight is 313 g/mol. The first-order valence-corrected chi connectivity index (χ1v) is 9.23. The molecule has 7 heteroatoms. The van der Waals surface area contributed by atoms with Crippen molar-refractivity contribution in [3.63, 3.8) is 0 Å². The van der Waals surface area contributed by atoms with E-state index < -0.39 is 15.1 Å². The minimum absolute atomic E-state index is 0.359. The Kier molecular flexibility index (Phi) is 4.02. The van der Waals surface area contributed by atoms with Crippen LogP contribution in [0.3, 0.4) is 0 Å². The zero-order valence-corrected chi connectivity index (χ0v) is 13.9. The van der Waals surface area contributed by atoms with Crippen molar-refractivity contribution in [1.82, 2.24) is 9.97 Å². The topological polar surface area (TPSA) is 72.0 Å². The summed E-state index contributed by atoms with van der Waals surface area (Å²) in [6, 6.07) is 0. The van der Waals surface area contributed by atoms with E-state index in [9.17, 15) is 8.42 Å². The molecule has 2 aromatic rings. The molecule has 20 heavy (non-hydrogen) atoms. The summed E-state index contributed by atoms with van der Waals surface area (Å²) in [5.41, 5.74) is 1.15. The van der Waals surface area contributed by atoms with Gasteiger partial charge < -0.3 is 5.32 Å². The third kappa shape index (κ3) is 2.64. The van der Waals surface area contributed by atoms with Crippen molar-refractivity contribution < 1.29 is 8.42 Å². The van der Waals surface area contributed by atoms with Gasteiger partial charge in [0.05, 0.1) is 5.39 Å². The molecule has 2 heterocycles. The Morgan fingerprint density at radius 2 is 1.95 bits per heavy atom. The summed E-state index contributed by atoms with van der Waals surface area (Å²) < 4.78 is 23.4. The van der Waals surface area contributed by atoms with Crippen LogP contribution >= 0.6 is 11.3 Å². The minimum Gasteiger partial charge on any atom is -0.370 e. The predicted octanol–water partition coefficient (Wildman–Crippen LogP) is 2.85. The summed E-state index contributed by atoms with van der Waals surface area (Å²) in [6.07, 6.45) is 1.21. The van der Waals surface area contributed by atoms with Crippen molar-refractivity contribution in [2.24, 2.45) is 0 Å². The van der Waals surface area contributed by atoms with Gasteiger partial charge in [-0.2, -0.15) is 0 Å². The van der Waals surface area contributed by atoms with Gasteiger partial charge >= 0.3 is 0 Å². The van der Waals surface area contributed by atoms with Crippen molar-refractivity contribution in [2.75, 3.05) is 18.1 Å². The molecule has 5 nitrogen and oxygen atoms in total. The zero-order valence-electron chi connectivity index (χ0n) is 12.3. The van der Waals surface area contributed by atoms with Gasteiger partial charge in [0.15, 0.2) is 9.84 Å². The van der Waals surface area contributed by atoms with Gasteiger partial charge in [-0.05, 0) is 33.3 Å². The maximum absolute atomic E-state index is 11.7. The van der Waals surface area contributed by atoms with Crippen molar-refractivity contribution in [1.29, 1.82) is 0 Å². The highest BCUT2D eigenvalue weighted by atomic mass is 32.2. The number of nitrogens with one attached hydrogen (secondary N) is 1. The maximum Gasteiger partial charge on any atom is 0.157 e. The van der Waals surface area contributed by atoms with E-state index in [0.717, 1.165) is 28.1 Å². The number of fused-ring (bicyclic) bond motifs is 1. The highest BCUT2D eigenvalue weighted by Crippen LogP contribution is 2.34. The molecule has 0 aromatic carbocycles. The molecule has 0 spiro atoms. The van der Waals surface area contributed by atoms with Crippen molar-refractivity contribution in [2.45, 2.75) is 32.9 Å². The Bertz CT molecular complexity index is 751. The summed E-state index contributed by atoms with van der Waals surface area (Å²) in [6.45, 7) is 8.42. The van der Waals surface area contributed by atoms with E-state index in [2.05, 4.69) is 15.3 Å². The van der Waals surface area contributed by atoms with Crippen molar-refractivity contribution >= 4 is 37.2 Å². The van der Waals surface area contributed by atoms with E-state index in [1.165, 1.54) is 11.1 Å². The molecule has 0 fully saturated rings. The molecule has 0 radical (unpaired) electrons. The molecule has 2 aromatic heterocycles. The number of thiophene rings is 1. The third-order valence-corrected chi connectivity index (χ3v) is 5.99.